The Morgan fingerprint density at radius 2 is 1.34 bits per heavy atom. The van der Waals surface area contributed by atoms with Crippen molar-refractivity contribution in [3.63, 3.8) is 0 Å². The molecule has 0 unspecified atom stereocenters. The monoisotopic (exact) mass is 572 g/mol. The number of rotatable bonds is 9. The molecule has 0 amide bonds. The second-order valence-electron chi connectivity index (χ2n) is 8.11. The van der Waals surface area contributed by atoms with Crippen molar-refractivity contribution in [2.24, 2.45) is 31.3 Å². The Morgan fingerprint density at radius 3 is 1.90 bits per heavy atom. The van der Waals surface area contributed by atoms with Gasteiger partial charge in [-0.3, -0.25) is 15.0 Å². The molecule has 0 radical (unpaired) electrons. The molecule has 1 aliphatic rings. The molecular formula is C27H24N8O5S. The molecule has 0 heterocycles. The molecule has 0 saturated heterocycles. The van der Waals surface area contributed by atoms with Gasteiger partial charge in [0, 0.05) is 0 Å². The summed E-state index contributed by atoms with van der Waals surface area (Å²) in [6, 6.07) is 23.2. The van der Waals surface area contributed by atoms with Crippen molar-refractivity contribution in [3.8, 4) is 0 Å². The number of methoxy groups -OCH3 is 1. The van der Waals surface area contributed by atoms with Gasteiger partial charge in [-0.25, -0.2) is 4.79 Å². The third-order valence-electron chi connectivity index (χ3n) is 5.55. The first-order chi connectivity index (χ1) is 19.8. The molecule has 0 spiro atoms. The van der Waals surface area contributed by atoms with Gasteiger partial charge >= 0.3 is 5.97 Å². The number of carbonyl (C=O) groups excluding carboxylic acids is 1. The minimum Gasteiger partial charge on any atom is -0.465 e. The van der Waals surface area contributed by atoms with Crippen LogP contribution in [0.25, 0.3) is 0 Å². The van der Waals surface area contributed by atoms with Gasteiger partial charge in [0.2, 0.25) is 0 Å². The minimum absolute atomic E-state index is 0.0273. The highest BCUT2D eigenvalue weighted by Gasteiger charge is 2.35. The van der Waals surface area contributed by atoms with E-state index in [1.807, 2.05) is 0 Å². The average Bonchev–Trinajstić information content (AvgIpc) is 3.00. The van der Waals surface area contributed by atoms with Gasteiger partial charge in [-0.05, 0) is 36.4 Å². The van der Waals surface area contributed by atoms with Crippen molar-refractivity contribution < 1.29 is 22.1 Å². The Labute approximate surface area is 235 Å². The second kappa shape index (κ2) is 12.7. The standard InChI is InChI=1S/C27H24N8O5S/c1-39-27(36)21-24(33-30-17-11-5-3-6-12-17)22(28)26(35-31-18-13-7-4-8-14-18)23(29)25(21)34-32-19-15-9-10-16-20(19)41(37,38)40-2/h3-16,28,32H,29H2,1-2H3/b28-22?,33-30+,34-25-,35-31+. The molecule has 4 N–H and O–H groups in total. The summed E-state index contributed by atoms with van der Waals surface area (Å²) in [5, 5.41) is 29.7. The van der Waals surface area contributed by atoms with Gasteiger partial charge in [0.1, 0.15) is 33.3 Å². The lowest BCUT2D eigenvalue weighted by atomic mass is 9.94. The molecule has 14 heteroatoms. The number of para-hydroxylation sites is 1. The van der Waals surface area contributed by atoms with Gasteiger partial charge < -0.3 is 10.5 Å². The van der Waals surface area contributed by atoms with E-state index in [9.17, 15) is 13.2 Å². The lowest BCUT2D eigenvalue weighted by Gasteiger charge is -2.20. The summed E-state index contributed by atoms with van der Waals surface area (Å²) in [4.78, 5) is 12.8. The fraction of sp³-hybridized carbons (Fsp3) is 0.0741. The number of nitrogens with zero attached hydrogens (tertiary/aromatic N) is 5. The summed E-state index contributed by atoms with van der Waals surface area (Å²) < 4.78 is 34.5. The summed E-state index contributed by atoms with van der Waals surface area (Å²) in [7, 11) is -1.95. The Morgan fingerprint density at radius 1 is 0.805 bits per heavy atom. The van der Waals surface area contributed by atoms with Crippen molar-refractivity contribution >= 4 is 44.6 Å². The zero-order valence-electron chi connectivity index (χ0n) is 21.8. The first-order valence-corrected chi connectivity index (χ1v) is 13.3. The molecular weight excluding hydrogens is 548 g/mol. The largest absolute Gasteiger partial charge is 0.465 e. The van der Waals surface area contributed by atoms with Crippen LogP contribution < -0.4 is 11.2 Å². The van der Waals surface area contributed by atoms with E-state index in [2.05, 4.69) is 35.2 Å². The van der Waals surface area contributed by atoms with Crippen LogP contribution in [0.3, 0.4) is 0 Å². The van der Waals surface area contributed by atoms with Crippen molar-refractivity contribution in [2.45, 2.75) is 4.90 Å². The van der Waals surface area contributed by atoms with E-state index in [1.54, 1.807) is 66.7 Å². The number of allylic oxidation sites excluding steroid dienone is 1. The number of ether oxygens (including phenoxy) is 1. The van der Waals surface area contributed by atoms with Crippen LogP contribution in [0.4, 0.5) is 17.1 Å². The smallest absolute Gasteiger partial charge is 0.342 e. The number of anilines is 1. The van der Waals surface area contributed by atoms with E-state index >= 15 is 0 Å². The number of carbonyl (C=O) groups is 1. The highest BCUT2D eigenvalue weighted by Crippen LogP contribution is 2.30. The molecule has 3 aromatic carbocycles. The molecule has 208 valence electrons. The van der Waals surface area contributed by atoms with Crippen LogP contribution in [0.1, 0.15) is 0 Å². The summed E-state index contributed by atoms with van der Waals surface area (Å²) in [5.74, 6) is -0.919. The number of hydrazone groups is 1. The van der Waals surface area contributed by atoms with E-state index in [-0.39, 0.29) is 44.7 Å². The first-order valence-electron chi connectivity index (χ1n) is 11.9. The van der Waals surface area contributed by atoms with Crippen LogP contribution in [0.15, 0.2) is 138 Å². The van der Waals surface area contributed by atoms with Crippen LogP contribution in [-0.4, -0.2) is 40.0 Å². The zero-order chi connectivity index (χ0) is 29.4. The predicted molar refractivity (Wildman–Crippen MR) is 152 cm³/mol. The summed E-state index contributed by atoms with van der Waals surface area (Å²) in [6.45, 7) is 0. The molecule has 41 heavy (non-hydrogen) atoms. The van der Waals surface area contributed by atoms with E-state index in [4.69, 9.17) is 15.9 Å². The third-order valence-corrected chi connectivity index (χ3v) is 6.89. The van der Waals surface area contributed by atoms with Gasteiger partial charge in [0.25, 0.3) is 10.1 Å². The van der Waals surface area contributed by atoms with Crippen LogP contribution >= 0.6 is 0 Å². The molecule has 0 aromatic heterocycles. The zero-order valence-corrected chi connectivity index (χ0v) is 22.7. The molecule has 0 saturated carbocycles. The van der Waals surface area contributed by atoms with Crippen molar-refractivity contribution in [1.29, 1.82) is 5.41 Å². The van der Waals surface area contributed by atoms with Crippen molar-refractivity contribution in [2.75, 3.05) is 19.6 Å². The molecule has 3 aromatic rings. The minimum atomic E-state index is -4.12. The Hall–Kier alpha value is -5.34. The number of benzene rings is 3. The number of nitrogens with one attached hydrogen (secondary N) is 2. The van der Waals surface area contributed by atoms with Crippen LogP contribution in [0, 0.1) is 5.41 Å². The van der Waals surface area contributed by atoms with Crippen LogP contribution in [-0.2, 0) is 23.8 Å². The Kier molecular flexibility index (Phi) is 8.86. The predicted octanol–water partition coefficient (Wildman–Crippen LogP) is 4.99. The molecule has 4 rings (SSSR count). The fourth-order valence-corrected chi connectivity index (χ4v) is 4.34. The van der Waals surface area contributed by atoms with E-state index in [0.29, 0.717) is 11.4 Å². The molecule has 0 aliphatic heterocycles. The fourth-order valence-electron chi connectivity index (χ4n) is 3.53. The van der Waals surface area contributed by atoms with E-state index < -0.39 is 16.1 Å². The second-order valence-corrected chi connectivity index (χ2v) is 9.79. The highest BCUT2D eigenvalue weighted by atomic mass is 32.2. The molecule has 1 aliphatic carbocycles. The lowest BCUT2D eigenvalue weighted by molar-refractivity contribution is -0.135. The summed E-state index contributed by atoms with van der Waals surface area (Å²) in [6.07, 6.45) is 0. The van der Waals surface area contributed by atoms with Gasteiger partial charge in [0.15, 0.2) is 0 Å². The number of nitrogens with two attached hydrogens (primary N) is 1. The van der Waals surface area contributed by atoms with E-state index in [1.165, 1.54) is 18.2 Å². The number of esters is 1. The van der Waals surface area contributed by atoms with Gasteiger partial charge in [0.05, 0.1) is 37.0 Å². The molecule has 0 atom stereocenters. The maximum atomic E-state index is 13.0. The number of hydrogen-bond acceptors (Lipinski definition) is 13. The quantitative estimate of drug-likeness (QED) is 0.106. The summed E-state index contributed by atoms with van der Waals surface area (Å²) >= 11 is 0. The van der Waals surface area contributed by atoms with E-state index in [0.717, 1.165) is 14.2 Å². The Balaban J connectivity index is 1.90. The number of hydrogen-bond donors (Lipinski definition) is 3. The van der Waals surface area contributed by atoms with Gasteiger partial charge in [-0.2, -0.15) is 23.7 Å². The van der Waals surface area contributed by atoms with Crippen LogP contribution in [0.5, 0.6) is 0 Å². The van der Waals surface area contributed by atoms with Crippen molar-refractivity contribution in [3.05, 3.63) is 108 Å². The third kappa shape index (κ3) is 6.46. The van der Waals surface area contributed by atoms with Gasteiger partial charge in [-0.15, -0.1) is 10.2 Å². The molecule has 0 fully saturated rings. The molecule has 13 nitrogen and oxygen atoms in total. The molecule has 0 bridgehead atoms. The Bertz CT molecular complexity index is 1730. The SMILES string of the molecule is COC(=O)C1=C(/N=N/c2ccccc2)C(=N)C(/N=N/c2ccccc2)=C(N)/C1=N\Nc1ccccc1S(=O)(=O)OC. The summed E-state index contributed by atoms with van der Waals surface area (Å²) in [5.41, 5.74) is 8.49. The maximum Gasteiger partial charge on any atom is 0.342 e. The first kappa shape index (κ1) is 28.7. The van der Waals surface area contributed by atoms with Crippen molar-refractivity contribution in [1.82, 2.24) is 0 Å². The topological polar surface area (TPSA) is 193 Å². The normalized spacial score (nSPS) is 15.3. The van der Waals surface area contributed by atoms with Gasteiger partial charge in [-0.1, -0.05) is 48.5 Å². The van der Waals surface area contributed by atoms with Crippen LogP contribution in [0.2, 0.25) is 0 Å². The maximum absolute atomic E-state index is 13.0. The average molecular weight is 573 g/mol. The highest BCUT2D eigenvalue weighted by molar-refractivity contribution is 7.87. The number of azo groups is 2. The lowest BCUT2D eigenvalue weighted by Crippen LogP contribution is -2.31.